The fourth-order valence-electron chi connectivity index (χ4n) is 2.02. The average molecular weight is 308 g/mol. The molecule has 0 spiro atoms. The van der Waals surface area contributed by atoms with E-state index in [1.165, 1.54) is 24.3 Å². The maximum Gasteiger partial charge on any atom is 0.185 e. The first kappa shape index (κ1) is 13.7. The number of furan rings is 1. The van der Waals surface area contributed by atoms with Gasteiger partial charge in [-0.15, -0.1) is 0 Å². The third kappa shape index (κ3) is 2.78. The van der Waals surface area contributed by atoms with Crippen LogP contribution in [0.1, 0.15) is 16.3 Å². The second-order valence-corrected chi connectivity index (χ2v) is 6.48. The molecule has 3 rings (SSSR count). The van der Waals surface area contributed by atoms with Gasteiger partial charge in [0.1, 0.15) is 24.7 Å². The van der Waals surface area contributed by atoms with Crippen LogP contribution in [0.4, 0.5) is 0 Å². The largest absolute Gasteiger partial charge is 0.486 e. The summed E-state index contributed by atoms with van der Waals surface area (Å²) in [6, 6.07) is 7.38. The zero-order valence-electron chi connectivity index (χ0n) is 10.9. The Labute approximate surface area is 121 Å². The molecule has 110 valence electrons. The predicted octanol–water partition coefficient (Wildman–Crippen LogP) is 1.84. The number of ether oxygens (including phenoxy) is 2. The summed E-state index contributed by atoms with van der Waals surface area (Å²) in [5, 5.41) is 0. The van der Waals surface area contributed by atoms with Crippen molar-refractivity contribution in [2.24, 2.45) is 0 Å². The Morgan fingerprint density at radius 1 is 1.05 bits per heavy atom. The van der Waals surface area contributed by atoms with E-state index in [1.807, 2.05) is 0 Å². The van der Waals surface area contributed by atoms with Gasteiger partial charge in [-0.25, -0.2) is 8.42 Å². The van der Waals surface area contributed by atoms with Crippen LogP contribution in [0.5, 0.6) is 11.5 Å². The molecule has 0 aliphatic carbocycles. The van der Waals surface area contributed by atoms with Crippen LogP contribution >= 0.6 is 0 Å². The summed E-state index contributed by atoms with van der Waals surface area (Å²) < 4.78 is 40.5. The lowest BCUT2D eigenvalue weighted by molar-refractivity contribution is 0.109. The first-order valence-corrected chi connectivity index (χ1v) is 7.90. The van der Waals surface area contributed by atoms with Crippen molar-refractivity contribution < 1.29 is 27.1 Å². The Kier molecular flexibility index (Phi) is 3.42. The lowest BCUT2D eigenvalue weighted by atomic mass is 10.3. The predicted molar refractivity (Wildman–Crippen MR) is 72.4 cm³/mol. The molecule has 0 unspecified atom stereocenters. The van der Waals surface area contributed by atoms with Crippen LogP contribution in [-0.2, 0) is 15.6 Å². The molecular weight excluding hydrogens is 296 g/mol. The molecule has 1 aromatic carbocycles. The van der Waals surface area contributed by atoms with Crippen LogP contribution in [0.3, 0.4) is 0 Å². The summed E-state index contributed by atoms with van der Waals surface area (Å²) >= 11 is 0. The normalized spacial score (nSPS) is 13.9. The fourth-order valence-corrected chi connectivity index (χ4v) is 3.28. The summed E-state index contributed by atoms with van der Waals surface area (Å²) in [5.41, 5.74) is 0. The molecule has 0 atom stereocenters. The van der Waals surface area contributed by atoms with E-state index in [-0.39, 0.29) is 22.2 Å². The van der Waals surface area contributed by atoms with Crippen molar-refractivity contribution in [2.75, 3.05) is 13.2 Å². The molecule has 1 aliphatic rings. The first-order valence-electron chi connectivity index (χ1n) is 6.25. The zero-order chi connectivity index (χ0) is 14.9. The highest BCUT2D eigenvalue weighted by Crippen LogP contribution is 2.33. The molecular formula is C14H12O6S. The molecule has 7 heteroatoms. The second-order valence-electron chi connectivity index (χ2n) is 4.49. The number of aldehydes is 1. The third-order valence-electron chi connectivity index (χ3n) is 3.00. The standard InChI is InChI=1S/C14H12O6S/c15-8-10-1-2-11(20-10)9-21(16,17)12-3-4-13-14(7-12)19-6-5-18-13/h1-4,7-8H,5-6,9H2. The Balaban J connectivity index is 1.89. The van der Waals surface area contributed by atoms with Crippen LogP contribution < -0.4 is 9.47 Å². The van der Waals surface area contributed by atoms with E-state index in [0.717, 1.165) is 0 Å². The smallest absolute Gasteiger partial charge is 0.185 e. The van der Waals surface area contributed by atoms with E-state index in [1.54, 1.807) is 6.07 Å². The van der Waals surface area contributed by atoms with Crippen molar-refractivity contribution in [3.8, 4) is 11.5 Å². The topological polar surface area (TPSA) is 82.8 Å². The van der Waals surface area contributed by atoms with Gasteiger partial charge >= 0.3 is 0 Å². The van der Waals surface area contributed by atoms with Crippen LogP contribution in [0.15, 0.2) is 39.6 Å². The molecule has 0 N–H and O–H groups in total. The number of rotatable bonds is 4. The van der Waals surface area contributed by atoms with E-state index < -0.39 is 9.84 Å². The molecule has 2 heterocycles. The van der Waals surface area contributed by atoms with E-state index in [9.17, 15) is 13.2 Å². The fraction of sp³-hybridized carbons (Fsp3) is 0.214. The molecule has 0 saturated heterocycles. The van der Waals surface area contributed by atoms with Crippen molar-refractivity contribution in [3.63, 3.8) is 0 Å². The zero-order valence-corrected chi connectivity index (χ0v) is 11.8. The summed E-state index contributed by atoms with van der Waals surface area (Å²) in [6.07, 6.45) is 0.528. The van der Waals surface area contributed by atoms with E-state index in [2.05, 4.69) is 0 Å². The lowest BCUT2D eigenvalue weighted by Crippen LogP contribution is -2.16. The van der Waals surface area contributed by atoms with Crippen LogP contribution in [0, 0.1) is 0 Å². The van der Waals surface area contributed by atoms with Crippen molar-refractivity contribution in [1.29, 1.82) is 0 Å². The van der Waals surface area contributed by atoms with Crippen molar-refractivity contribution >= 4 is 16.1 Å². The van der Waals surface area contributed by atoms with Gasteiger partial charge in [-0.05, 0) is 24.3 Å². The Hall–Kier alpha value is -2.28. The molecule has 0 fully saturated rings. The SMILES string of the molecule is O=Cc1ccc(CS(=O)(=O)c2ccc3c(c2)OCCO3)o1. The minimum absolute atomic E-state index is 0.0994. The molecule has 0 saturated carbocycles. The number of fused-ring (bicyclic) bond motifs is 1. The summed E-state index contributed by atoms with van der Waals surface area (Å²) in [5.74, 6) is 0.937. The van der Waals surface area contributed by atoms with Crippen LogP contribution in [-0.4, -0.2) is 27.9 Å². The van der Waals surface area contributed by atoms with Gasteiger partial charge in [0.05, 0.1) is 4.90 Å². The van der Waals surface area contributed by atoms with Gasteiger partial charge in [-0.3, -0.25) is 4.79 Å². The first-order chi connectivity index (χ1) is 10.1. The van der Waals surface area contributed by atoms with Gasteiger partial charge in [0.25, 0.3) is 0 Å². The quantitative estimate of drug-likeness (QED) is 0.801. The maximum atomic E-state index is 12.3. The van der Waals surface area contributed by atoms with Crippen LogP contribution in [0.25, 0.3) is 0 Å². The van der Waals surface area contributed by atoms with E-state index in [0.29, 0.717) is 31.0 Å². The van der Waals surface area contributed by atoms with Gasteiger partial charge in [-0.1, -0.05) is 0 Å². The number of hydrogen-bond acceptors (Lipinski definition) is 6. The van der Waals surface area contributed by atoms with Crippen molar-refractivity contribution in [1.82, 2.24) is 0 Å². The number of benzene rings is 1. The molecule has 0 radical (unpaired) electrons. The summed E-state index contributed by atoms with van der Waals surface area (Å²) in [4.78, 5) is 10.7. The number of sulfone groups is 1. The minimum Gasteiger partial charge on any atom is -0.486 e. The number of carbonyl (C=O) groups is 1. The Bertz CT molecular complexity index is 775. The van der Waals surface area contributed by atoms with Gasteiger partial charge < -0.3 is 13.9 Å². The van der Waals surface area contributed by atoms with Gasteiger partial charge in [0.2, 0.25) is 0 Å². The molecule has 2 aromatic rings. The summed E-state index contributed by atoms with van der Waals surface area (Å²) in [6.45, 7) is 0.831. The van der Waals surface area contributed by atoms with Crippen molar-refractivity contribution in [3.05, 3.63) is 41.9 Å². The molecule has 1 aliphatic heterocycles. The Morgan fingerprint density at radius 2 is 1.81 bits per heavy atom. The average Bonchev–Trinajstić information content (AvgIpc) is 2.93. The Morgan fingerprint density at radius 3 is 2.52 bits per heavy atom. The van der Waals surface area contributed by atoms with Crippen molar-refractivity contribution in [2.45, 2.75) is 10.6 Å². The monoisotopic (exact) mass is 308 g/mol. The highest BCUT2D eigenvalue weighted by Gasteiger charge is 2.21. The molecule has 1 aromatic heterocycles. The highest BCUT2D eigenvalue weighted by atomic mass is 32.2. The number of hydrogen-bond donors (Lipinski definition) is 0. The molecule has 6 nitrogen and oxygen atoms in total. The van der Waals surface area contributed by atoms with Gasteiger partial charge in [-0.2, -0.15) is 0 Å². The highest BCUT2D eigenvalue weighted by molar-refractivity contribution is 7.90. The lowest BCUT2D eigenvalue weighted by Gasteiger charge is -2.18. The maximum absolute atomic E-state index is 12.3. The molecule has 0 amide bonds. The van der Waals surface area contributed by atoms with Crippen LogP contribution in [0.2, 0.25) is 0 Å². The molecule has 0 bridgehead atoms. The van der Waals surface area contributed by atoms with Gasteiger partial charge in [0, 0.05) is 6.07 Å². The second kappa shape index (κ2) is 5.25. The number of carbonyl (C=O) groups excluding carboxylic acids is 1. The van der Waals surface area contributed by atoms with E-state index in [4.69, 9.17) is 13.9 Å². The third-order valence-corrected chi connectivity index (χ3v) is 4.64. The van der Waals surface area contributed by atoms with E-state index >= 15 is 0 Å². The molecule has 21 heavy (non-hydrogen) atoms. The minimum atomic E-state index is -3.59. The summed E-state index contributed by atoms with van der Waals surface area (Å²) in [7, 11) is -3.59. The van der Waals surface area contributed by atoms with Gasteiger partial charge in [0.15, 0.2) is 33.4 Å².